The molecule has 2 amide bonds. The van der Waals surface area contributed by atoms with Crippen molar-refractivity contribution in [3.8, 4) is 33.6 Å². The first-order valence-corrected chi connectivity index (χ1v) is 22.1. The van der Waals surface area contributed by atoms with Gasteiger partial charge in [0.2, 0.25) is 11.8 Å². The van der Waals surface area contributed by atoms with E-state index >= 15 is 17.6 Å². The van der Waals surface area contributed by atoms with Crippen LogP contribution >= 0.6 is 0 Å². The monoisotopic (exact) mass is 874 g/mol. The fourth-order valence-corrected chi connectivity index (χ4v) is 9.55. The Bertz CT molecular complexity index is 2520. The molecule has 6 aromatic rings. The number of carbonyl (C=O) groups is 2. The summed E-state index contributed by atoms with van der Waals surface area (Å²) in [6.45, 7) is 8.44. The highest BCUT2D eigenvalue weighted by atomic mass is 19.3. The number of benzene rings is 4. The maximum Gasteiger partial charge on any atom is 0.267 e. The van der Waals surface area contributed by atoms with Crippen molar-refractivity contribution in [1.82, 2.24) is 39.5 Å². The summed E-state index contributed by atoms with van der Waals surface area (Å²) in [6, 6.07) is 30.1. The minimum atomic E-state index is -3.16. The van der Waals surface area contributed by atoms with Crippen LogP contribution in [0.3, 0.4) is 0 Å². The molecule has 2 aromatic heterocycles. The average molecular weight is 875 g/mol. The third-order valence-corrected chi connectivity index (χ3v) is 12.7. The summed E-state index contributed by atoms with van der Waals surface area (Å²) >= 11 is 0. The van der Waals surface area contributed by atoms with E-state index in [1.54, 1.807) is 12.4 Å². The van der Waals surface area contributed by atoms with Crippen LogP contribution in [-0.2, 0) is 9.59 Å². The van der Waals surface area contributed by atoms with Gasteiger partial charge in [0.15, 0.2) is 0 Å². The Morgan fingerprint density at radius 3 is 1.45 bits per heavy atom. The molecule has 2 saturated heterocycles. The highest BCUT2D eigenvalue weighted by Gasteiger charge is 2.52. The molecule has 14 heteroatoms. The number of halogens is 4. The van der Waals surface area contributed by atoms with Crippen molar-refractivity contribution in [3.05, 3.63) is 144 Å². The van der Waals surface area contributed by atoms with Crippen LogP contribution in [0.5, 0.6) is 0 Å². The second-order valence-corrected chi connectivity index (χ2v) is 16.6. The molecule has 0 radical (unpaired) electrons. The number of nitrogens with one attached hydrogen (secondary N) is 2. The third-order valence-electron chi connectivity index (χ3n) is 12.7. The van der Waals surface area contributed by atoms with Gasteiger partial charge in [0, 0.05) is 36.4 Å². The van der Waals surface area contributed by atoms with Crippen LogP contribution in [0.1, 0.15) is 87.5 Å². The Kier molecular flexibility index (Phi) is 12.9. The lowest BCUT2D eigenvalue weighted by molar-refractivity contribution is -0.140. The number of carbonyl (C=O) groups excluding carboxylic acids is 2. The SMILES string of the molecule is CCN(CC)C(C(=O)N1CC(F)(F)C[C@H]1c1nc(-c2cccc(-c3ccccc3)c2-c2c[nH]c([C@@H]3CC(F)(F)CN3C(=O)C(c3ccccc3)N(CC)CC)n2)c[nH]1)c1ccccc1. The fraction of sp³-hybridized carbons (Fsp3) is 0.360. The minimum Gasteiger partial charge on any atom is -0.346 e. The first-order valence-electron chi connectivity index (χ1n) is 22.1. The predicted molar refractivity (Wildman–Crippen MR) is 239 cm³/mol. The van der Waals surface area contributed by atoms with E-state index in [1.807, 2.05) is 147 Å². The number of alkyl halides is 4. The zero-order valence-electron chi connectivity index (χ0n) is 36.5. The zero-order chi connectivity index (χ0) is 45.2. The van der Waals surface area contributed by atoms with Crippen molar-refractivity contribution >= 4 is 11.8 Å². The summed E-state index contributed by atoms with van der Waals surface area (Å²) < 4.78 is 62.1. The number of rotatable bonds is 15. The van der Waals surface area contributed by atoms with E-state index in [1.165, 1.54) is 9.80 Å². The lowest BCUT2D eigenvalue weighted by Gasteiger charge is -2.34. The maximum atomic E-state index is 15.5. The number of likely N-dealkylation sites (N-methyl/N-ethyl adjacent to an activating group) is 2. The van der Waals surface area contributed by atoms with Gasteiger partial charge < -0.3 is 19.8 Å². The van der Waals surface area contributed by atoms with Crippen molar-refractivity contribution < 1.29 is 27.2 Å². The standard InChI is InChI=1S/C50H54F4N8O2/c1-5-59(6-2)43(34-21-14-10-15-22-34)47(63)61-31-49(51,52)27-40(61)45-55-29-38(57-45)37-26-18-25-36(33-19-12-9-13-20-33)42(37)39-30-56-46(58-39)41-28-50(53,54)32-62(41)48(64)44(60(7-3)8-4)35-23-16-11-17-24-35/h9-26,29-30,40-41,43-44H,5-8,27-28,31-32H2,1-4H3,(H,55,57)(H,56,58)/t40-,41-,43?,44?/m0/s1. The number of nitrogens with zero attached hydrogens (tertiary/aromatic N) is 6. The third kappa shape index (κ3) is 8.85. The lowest BCUT2D eigenvalue weighted by Crippen LogP contribution is -2.43. The van der Waals surface area contributed by atoms with Crippen LogP contribution in [0.25, 0.3) is 33.6 Å². The molecule has 4 atom stereocenters. The molecular weight excluding hydrogens is 821 g/mol. The molecule has 4 aromatic carbocycles. The molecule has 2 aliphatic heterocycles. The van der Waals surface area contributed by atoms with Crippen LogP contribution in [0.4, 0.5) is 17.6 Å². The normalized spacial score (nSPS) is 19.1. The molecule has 4 heterocycles. The molecule has 0 aliphatic carbocycles. The minimum absolute atomic E-state index is 0.215. The van der Waals surface area contributed by atoms with Gasteiger partial charge >= 0.3 is 0 Å². The van der Waals surface area contributed by atoms with Gasteiger partial charge in [0.05, 0.1) is 36.6 Å². The molecule has 2 unspecified atom stereocenters. The van der Waals surface area contributed by atoms with Crippen LogP contribution in [0.2, 0.25) is 0 Å². The number of imidazole rings is 2. The Balaban J connectivity index is 1.17. The van der Waals surface area contributed by atoms with Crippen molar-refractivity contribution in [2.24, 2.45) is 0 Å². The molecule has 2 aliphatic rings. The Labute approximate surface area is 371 Å². The van der Waals surface area contributed by atoms with Crippen LogP contribution < -0.4 is 0 Å². The van der Waals surface area contributed by atoms with Crippen molar-refractivity contribution in [2.45, 2.75) is 76.5 Å². The Morgan fingerprint density at radius 2 is 1.00 bits per heavy atom. The summed E-state index contributed by atoms with van der Waals surface area (Å²) in [4.78, 5) is 51.7. The smallest absolute Gasteiger partial charge is 0.267 e. The number of H-pyrrole nitrogens is 2. The van der Waals surface area contributed by atoms with Gasteiger partial charge in [0.25, 0.3) is 11.8 Å². The summed E-state index contributed by atoms with van der Waals surface area (Å²) in [7, 11) is 0. The molecule has 8 rings (SSSR count). The zero-order valence-corrected chi connectivity index (χ0v) is 36.5. The van der Waals surface area contributed by atoms with Gasteiger partial charge in [-0.05, 0) is 48.4 Å². The number of likely N-dealkylation sites (tertiary alicyclic amines) is 2. The Morgan fingerprint density at radius 1 is 0.594 bits per heavy atom. The second kappa shape index (κ2) is 18.5. The topological polar surface area (TPSA) is 104 Å². The van der Waals surface area contributed by atoms with Gasteiger partial charge in [-0.2, -0.15) is 0 Å². The fourth-order valence-electron chi connectivity index (χ4n) is 9.55. The number of amides is 2. The second-order valence-electron chi connectivity index (χ2n) is 16.6. The van der Waals surface area contributed by atoms with Crippen LogP contribution in [-0.4, -0.2) is 102 Å². The van der Waals surface area contributed by atoms with Gasteiger partial charge in [-0.1, -0.05) is 137 Å². The lowest BCUT2D eigenvalue weighted by atomic mass is 9.92. The number of aromatic amines is 2. The van der Waals surface area contributed by atoms with E-state index < -0.39 is 73.8 Å². The molecule has 2 fully saturated rings. The molecule has 2 N–H and O–H groups in total. The molecule has 0 spiro atoms. The quantitative estimate of drug-likeness (QED) is 0.0997. The van der Waals surface area contributed by atoms with Crippen molar-refractivity contribution in [3.63, 3.8) is 0 Å². The average Bonchev–Trinajstić information content (AvgIpc) is 4.13. The largest absolute Gasteiger partial charge is 0.346 e. The first-order chi connectivity index (χ1) is 30.9. The Hall–Kier alpha value is -6.12. The molecule has 0 saturated carbocycles. The molecule has 10 nitrogen and oxygen atoms in total. The van der Waals surface area contributed by atoms with E-state index in [0.717, 1.165) is 22.3 Å². The molecule has 0 bridgehead atoms. The van der Waals surface area contributed by atoms with E-state index in [2.05, 4.69) is 9.97 Å². The molecule has 334 valence electrons. The first kappa shape index (κ1) is 44.5. The maximum absolute atomic E-state index is 15.5. The number of hydrogen-bond donors (Lipinski definition) is 2. The highest BCUT2D eigenvalue weighted by Crippen LogP contribution is 2.46. The van der Waals surface area contributed by atoms with Gasteiger partial charge in [-0.3, -0.25) is 19.4 Å². The number of aromatic nitrogens is 4. The van der Waals surface area contributed by atoms with Gasteiger partial charge in [-0.15, -0.1) is 0 Å². The van der Waals surface area contributed by atoms with E-state index in [0.29, 0.717) is 48.7 Å². The number of hydrogen-bond acceptors (Lipinski definition) is 6. The van der Waals surface area contributed by atoms with Crippen molar-refractivity contribution in [1.29, 1.82) is 0 Å². The molecular formula is C50H54F4N8O2. The van der Waals surface area contributed by atoms with E-state index in [4.69, 9.17) is 9.97 Å². The molecule has 64 heavy (non-hydrogen) atoms. The predicted octanol–water partition coefficient (Wildman–Crippen LogP) is 10.1. The summed E-state index contributed by atoms with van der Waals surface area (Å²) in [5.74, 6) is -6.74. The summed E-state index contributed by atoms with van der Waals surface area (Å²) in [6.07, 6.45) is 2.08. The van der Waals surface area contributed by atoms with E-state index in [9.17, 15) is 9.59 Å². The van der Waals surface area contributed by atoms with E-state index in [-0.39, 0.29) is 11.6 Å². The van der Waals surface area contributed by atoms with Crippen molar-refractivity contribution in [2.75, 3.05) is 39.3 Å². The van der Waals surface area contributed by atoms with Crippen LogP contribution in [0, 0.1) is 0 Å². The van der Waals surface area contributed by atoms with Gasteiger partial charge in [0.1, 0.15) is 23.7 Å². The summed E-state index contributed by atoms with van der Waals surface area (Å²) in [5.41, 5.74) is 5.14. The van der Waals surface area contributed by atoms with Gasteiger partial charge in [-0.25, -0.2) is 27.5 Å². The highest BCUT2D eigenvalue weighted by molar-refractivity contribution is 5.92. The summed E-state index contributed by atoms with van der Waals surface area (Å²) in [5, 5.41) is 0. The van der Waals surface area contributed by atoms with Crippen LogP contribution in [0.15, 0.2) is 122 Å².